The molecule has 1 aromatic carbocycles. The summed E-state index contributed by atoms with van der Waals surface area (Å²) in [6.07, 6.45) is 3.38. The number of aliphatic carboxylic acids is 1. The van der Waals surface area contributed by atoms with Crippen molar-refractivity contribution < 1.29 is 56.1 Å². The van der Waals surface area contributed by atoms with Gasteiger partial charge in [-0.25, -0.2) is 9.78 Å². The zero-order valence-corrected chi connectivity index (χ0v) is 30.7. The number of β-lactam (4-membered cyclic amide) rings is 1. The van der Waals surface area contributed by atoms with Gasteiger partial charge in [-0.1, -0.05) is 11.2 Å². The molecule has 5 rings (SSSR count). The molecule has 53 heavy (non-hydrogen) atoms. The van der Waals surface area contributed by atoms with Gasteiger partial charge in [0.25, 0.3) is 17.4 Å². The number of carbonyl (C=O) groups excluding carboxylic acids is 2. The lowest BCUT2D eigenvalue weighted by Crippen LogP contribution is -2.76. The summed E-state index contributed by atoms with van der Waals surface area (Å²) in [5.41, 5.74) is 15.5. The van der Waals surface area contributed by atoms with E-state index in [9.17, 15) is 33.0 Å². The van der Waals surface area contributed by atoms with E-state index >= 15 is 0 Å². The Kier molecular flexibility index (Phi) is 11.4. The van der Waals surface area contributed by atoms with Crippen molar-refractivity contribution >= 4 is 50.4 Å². The summed E-state index contributed by atoms with van der Waals surface area (Å²) in [4.78, 5) is 48.6. The Labute approximate surface area is 308 Å². The second-order valence-electron chi connectivity index (χ2n) is 13.2. The molecule has 2 aromatic heterocycles. The van der Waals surface area contributed by atoms with Crippen molar-refractivity contribution in [2.24, 2.45) is 16.6 Å². The van der Waals surface area contributed by atoms with Gasteiger partial charge in [-0.3, -0.25) is 14.1 Å². The molecule has 0 aliphatic carbocycles. The number of anilines is 1. The number of carbonyl (C=O) groups is 3. The van der Waals surface area contributed by atoms with Gasteiger partial charge in [-0.15, -0.1) is 20.3 Å². The first-order chi connectivity index (χ1) is 24.9. The van der Waals surface area contributed by atoms with E-state index in [1.165, 1.54) is 26.2 Å². The van der Waals surface area contributed by atoms with Crippen molar-refractivity contribution in [3.8, 4) is 16.9 Å². The molecule has 2 aliphatic rings. The average Bonchev–Trinajstić information content (AvgIpc) is 3.72. The Morgan fingerprint density at radius 2 is 2.04 bits per heavy atom. The minimum atomic E-state index is -5.04. The van der Waals surface area contributed by atoms with Crippen LogP contribution in [-0.4, -0.2) is 104 Å². The molecule has 3 unspecified atom stereocenters. The number of aliphatic hydroxyl groups is 1. The largest absolute Gasteiger partial charge is 0.485 e. The summed E-state index contributed by atoms with van der Waals surface area (Å²) < 4.78 is 45.8. The zero-order chi connectivity index (χ0) is 38.9. The van der Waals surface area contributed by atoms with Gasteiger partial charge in [0, 0.05) is 11.9 Å². The van der Waals surface area contributed by atoms with E-state index in [1.807, 2.05) is 33.9 Å². The number of aliphatic hydroxyl groups excluding tert-OH is 1. The minimum Gasteiger partial charge on any atom is -0.485 e. The van der Waals surface area contributed by atoms with E-state index in [1.54, 1.807) is 6.07 Å². The van der Waals surface area contributed by atoms with E-state index in [4.69, 9.17) is 31.3 Å². The maximum Gasteiger partial charge on any atom is 0.418 e. The quantitative estimate of drug-likeness (QED) is 0.0300. The van der Waals surface area contributed by atoms with Gasteiger partial charge in [-0.2, -0.15) is 18.2 Å². The highest BCUT2D eigenvalue weighted by Gasteiger charge is 2.58. The number of hydroxylamine groups is 2. The zero-order valence-electron chi connectivity index (χ0n) is 29.0. The van der Waals surface area contributed by atoms with Gasteiger partial charge in [-0.05, 0) is 69.8 Å². The normalized spacial score (nSPS) is 20.1. The average molecular weight is 781 g/mol. The first-order valence-electron chi connectivity index (χ1n) is 16.4. The van der Waals surface area contributed by atoms with E-state index in [0.29, 0.717) is 36.9 Å². The summed E-state index contributed by atoms with van der Waals surface area (Å²) in [6, 6.07) is 4.14. The number of thiazole rings is 1. The van der Waals surface area contributed by atoms with E-state index < -0.39 is 63.3 Å². The van der Waals surface area contributed by atoms with Gasteiger partial charge in [0.1, 0.15) is 23.6 Å². The van der Waals surface area contributed by atoms with Crippen LogP contribution in [0.2, 0.25) is 0 Å². The fourth-order valence-corrected chi connectivity index (χ4v) is 6.90. The number of ether oxygens (including phenoxy) is 1. The van der Waals surface area contributed by atoms with Crippen LogP contribution >= 0.6 is 11.3 Å². The number of hydrogen-bond donors (Lipinski definition) is 7. The van der Waals surface area contributed by atoms with Crippen LogP contribution in [0.25, 0.3) is 11.1 Å². The van der Waals surface area contributed by atoms with Crippen LogP contribution in [0.4, 0.5) is 5.13 Å². The van der Waals surface area contributed by atoms with Crippen molar-refractivity contribution in [2.75, 3.05) is 18.8 Å². The fourth-order valence-electron chi connectivity index (χ4n) is 5.90. The van der Waals surface area contributed by atoms with Crippen molar-refractivity contribution in [3.63, 3.8) is 0 Å². The van der Waals surface area contributed by atoms with Crippen LogP contribution in [0.3, 0.4) is 0 Å². The van der Waals surface area contributed by atoms with Crippen LogP contribution in [-0.2, 0) is 53.4 Å². The SMILES string of the molecule is CC(O/N=C(\C(=O)N[C@@H]1C(=O)N(OS(=O)(=O)O)C1(C)C)c1csc(N)n1)(C(=O)O)C1CCc2cc(-c3cn(CCCN)[n+](CC(O)CN)c3)ccc2O1. The Bertz CT molecular complexity index is 2020. The Morgan fingerprint density at radius 3 is 2.64 bits per heavy atom. The second-order valence-corrected chi connectivity index (χ2v) is 15.1. The number of nitrogen functional groups attached to an aromatic ring is 1. The molecule has 2 aliphatic heterocycles. The smallest absolute Gasteiger partial charge is 0.418 e. The number of nitrogens with one attached hydrogen (secondary N) is 1. The Hall–Kier alpha value is -4.71. The molecule has 0 saturated carbocycles. The monoisotopic (exact) mass is 780 g/mol. The maximum atomic E-state index is 13.5. The van der Waals surface area contributed by atoms with Gasteiger partial charge in [0.2, 0.25) is 6.20 Å². The summed E-state index contributed by atoms with van der Waals surface area (Å²) in [5, 5.41) is 28.6. The van der Waals surface area contributed by atoms with Crippen LogP contribution in [0.5, 0.6) is 5.75 Å². The standard InChI is InChI=1S/C31H41N9O11S2/c1-30(2)25(27(43)40(30)51-53(46,47)48)36-26(42)24(21-16-52-29(34)35-21)37-50-31(3,28(44)45)23-8-6-18-11-17(5-7-22(18)49-23)19-13-38(10-4-9-32)39(14-19)15-20(41)12-33/h5,7,11,13-14,16,20,23,25,41H,4,6,8-10,12,15,32-33H2,1-3H3,(H4-,34,35,36,42,44,45,46,47,48)/p+1/b37-24-/t20?,23?,25-,31?/m1/s1. The molecule has 1 saturated heterocycles. The van der Waals surface area contributed by atoms with Crippen LogP contribution in [0.1, 0.15) is 44.9 Å². The molecule has 288 valence electrons. The van der Waals surface area contributed by atoms with Crippen LogP contribution in [0.15, 0.2) is 41.1 Å². The molecule has 1 fully saturated rings. The fraction of sp³-hybridized carbons (Fsp3) is 0.484. The lowest BCUT2D eigenvalue weighted by atomic mass is 9.84. The lowest BCUT2D eigenvalue weighted by Gasteiger charge is -2.50. The number of benzene rings is 1. The number of nitrogens with two attached hydrogens (primary N) is 3. The number of amides is 2. The van der Waals surface area contributed by atoms with Crippen molar-refractivity contribution in [1.82, 2.24) is 20.0 Å². The maximum absolute atomic E-state index is 13.5. The van der Waals surface area contributed by atoms with E-state index in [0.717, 1.165) is 34.4 Å². The van der Waals surface area contributed by atoms with Crippen LogP contribution in [0, 0.1) is 0 Å². The number of aryl methyl sites for hydroxylation is 2. The van der Waals surface area contributed by atoms with E-state index in [2.05, 4.69) is 19.7 Å². The predicted molar refractivity (Wildman–Crippen MR) is 187 cm³/mol. The topological polar surface area (TPSA) is 301 Å². The summed E-state index contributed by atoms with van der Waals surface area (Å²) >= 11 is 0.960. The number of fused-ring (bicyclic) bond motifs is 1. The molecular weight excluding hydrogens is 739 g/mol. The molecule has 0 spiro atoms. The summed E-state index contributed by atoms with van der Waals surface area (Å²) in [7, 11) is -5.04. The Balaban J connectivity index is 1.36. The second kappa shape index (κ2) is 15.3. The number of carboxylic acid groups (broad SMARTS) is 1. The number of carboxylic acids is 1. The third-order valence-corrected chi connectivity index (χ3v) is 9.98. The predicted octanol–water partition coefficient (Wildman–Crippen LogP) is -1.05. The van der Waals surface area contributed by atoms with Gasteiger partial charge in [0.15, 0.2) is 23.5 Å². The Morgan fingerprint density at radius 1 is 1.30 bits per heavy atom. The number of hydrogen-bond acceptors (Lipinski definition) is 15. The number of aromatic nitrogens is 3. The molecule has 3 aromatic rings. The highest BCUT2D eigenvalue weighted by Crippen LogP contribution is 2.37. The van der Waals surface area contributed by atoms with Crippen molar-refractivity contribution in [2.45, 2.75) is 82.5 Å². The third-order valence-electron chi connectivity index (χ3n) is 8.97. The number of nitrogens with zero attached hydrogens (tertiary/aromatic N) is 5. The van der Waals surface area contributed by atoms with Crippen molar-refractivity contribution in [1.29, 1.82) is 0 Å². The van der Waals surface area contributed by atoms with Crippen molar-refractivity contribution in [3.05, 3.63) is 47.2 Å². The molecule has 20 nitrogen and oxygen atoms in total. The molecule has 0 radical (unpaired) electrons. The highest BCUT2D eigenvalue weighted by atomic mass is 32.3. The van der Waals surface area contributed by atoms with Gasteiger partial charge < -0.3 is 42.3 Å². The summed E-state index contributed by atoms with van der Waals surface area (Å²) in [5.74, 6) is -3.05. The first kappa shape index (κ1) is 39.5. The lowest BCUT2D eigenvalue weighted by molar-refractivity contribution is -0.780. The molecule has 10 N–H and O–H groups in total. The van der Waals surface area contributed by atoms with E-state index in [-0.39, 0.29) is 23.8 Å². The molecule has 22 heteroatoms. The minimum absolute atomic E-state index is 0.0518. The molecule has 2 amide bonds. The van der Waals surface area contributed by atoms with Gasteiger partial charge >= 0.3 is 16.4 Å². The molecule has 4 heterocycles. The third kappa shape index (κ3) is 8.43. The molecular formula is C31H42N9O11S2+. The highest BCUT2D eigenvalue weighted by molar-refractivity contribution is 7.80. The first-order valence-corrected chi connectivity index (χ1v) is 18.6. The number of rotatable bonds is 16. The number of oxime groups is 1. The van der Waals surface area contributed by atoms with Gasteiger partial charge in [0.05, 0.1) is 23.8 Å². The molecule has 0 bridgehead atoms. The van der Waals surface area contributed by atoms with Crippen LogP contribution < -0.4 is 31.9 Å². The molecule has 4 atom stereocenters. The summed E-state index contributed by atoms with van der Waals surface area (Å²) in [6.45, 7) is 5.52.